The molecule has 1 N–H and O–H groups in total. The highest BCUT2D eigenvalue weighted by molar-refractivity contribution is 4.86. The van der Waals surface area contributed by atoms with Gasteiger partial charge in [-0.3, -0.25) is 0 Å². The third-order valence-corrected chi connectivity index (χ3v) is 2.97. The van der Waals surface area contributed by atoms with Crippen molar-refractivity contribution in [3.8, 4) is 0 Å². The van der Waals surface area contributed by atoms with Gasteiger partial charge in [-0.25, -0.2) is 0 Å². The lowest BCUT2D eigenvalue weighted by Gasteiger charge is -2.36. The summed E-state index contributed by atoms with van der Waals surface area (Å²) < 4.78 is 0. The number of piperidine rings is 1. The van der Waals surface area contributed by atoms with Crippen LogP contribution >= 0.6 is 0 Å². The van der Waals surface area contributed by atoms with Crippen LogP contribution in [0.25, 0.3) is 0 Å². The van der Waals surface area contributed by atoms with Gasteiger partial charge < -0.3 is 10.0 Å². The Kier molecular flexibility index (Phi) is 2.13. The largest absolute Gasteiger partial charge is 0.389 e. The molecule has 0 radical (unpaired) electrons. The van der Waals surface area contributed by atoms with Gasteiger partial charge in [-0.15, -0.1) is 0 Å². The maximum absolute atomic E-state index is 9.84. The molecule has 1 aliphatic carbocycles. The van der Waals surface area contributed by atoms with Crippen molar-refractivity contribution in [2.45, 2.75) is 38.2 Å². The summed E-state index contributed by atoms with van der Waals surface area (Å²) in [6.45, 7) is 5.29. The summed E-state index contributed by atoms with van der Waals surface area (Å²) in [6.07, 6.45) is 4.98. The predicted molar refractivity (Wildman–Crippen MR) is 49.0 cm³/mol. The average molecular weight is 169 g/mol. The molecule has 1 saturated heterocycles. The molecule has 0 aromatic rings. The molecule has 0 aromatic heterocycles. The smallest absolute Gasteiger partial charge is 0.0746 e. The SMILES string of the molecule is C[C@@]1(O)CCCN(CC2CC2)C1. The van der Waals surface area contributed by atoms with Gasteiger partial charge in [0.25, 0.3) is 0 Å². The van der Waals surface area contributed by atoms with Crippen molar-refractivity contribution < 1.29 is 5.11 Å². The van der Waals surface area contributed by atoms with Gasteiger partial charge in [-0.05, 0) is 45.1 Å². The van der Waals surface area contributed by atoms with E-state index in [4.69, 9.17) is 0 Å². The van der Waals surface area contributed by atoms with E-state index in [1.54, 1.807) is 0 Å². The van der Waals surface area contributed by atoms with Crippen LogP contribution in [0.4, 0.5) is 0 Å². The summed E-state index contributed by atoms with van der Waals surface area (Å²) in [5.41, 5.74) is -0.410. The highest BCUT2D eigenvalue weighted by atomic mass is 16.3. The number of likely N-dealkylation sites (tertiary alicyclic amines) is 1. The van der Waals surface area contributed by atoms with Crippen LogP contribution in [0.15, 0.2) is 0 Å². The van der Waals surface area contributed by atoms with E-state index in [1.165, 1.54) is 32.4 Å². The number of hydrogen-bond donors (Lipinski definition) is 1. The first kappa shape index (κ1) is 8.52. The molecule has 1 saturated carbocycles. The third kappa shape index (κ3) is 2.20. The summed E-state index contributed by atoms with van der Waals surface area (Å²) in [5, 5.41) is 9.84. The molecule has 12 heavy (non-hydrogen) atoms. The maximum Gasteiger partial charge on any atom is 0.0746 e. The number of hydrogen-bond acceptors (Lipinski definition) is 2. The van der Waals surface area contributed by atoms with Gasteiger partial charge >= 0.3 is 0 Å². The molecule has 0 spiro atoms. The quantitative estimate of drug-likeness (QED) is 0.672. The van der Waals surface area contributed by atoms with Gasteiger partial charge in [0.05, 0.1) is 5.60 Å². The molecule has 70 valence electrons. The Hall–Kier alpha value is -0.0800. The minimum Gasteiger partial charge on any atom is -0.389 e. The van der Waals surface area contributed by atoms with Crippen LogP contribution in [0, 0.1) is 5.92 Å². The zero-order valence-electron chi connectivity index (χ0n) is 7.92. The van der Waals surface area contributed by atoms with Crippen LogP contribution < -0.4 is 0 Å². The van der Waals surface area contributed by atoms with Crippen LogP contribution in [-0.4, -0.2) is 35.2 Å². The molecular weight excluding hydrogens is 150 g/mol. The number of aliphatic hydroxyl groups is 1. The first-order valence-corrected chi connectivity index (χ1v) is 5.10. The van der Waals surface area contributed by atoms with Crippen LogP contribution in [0.2, 0.25) is 0 Å². The molecule has 2 fully saturated rings. The van der Waals surface area contributed by atoms with Crippen molar-refractivity contribution in [2.24, 2.45) is 5.92 Å². The molecule has 1 atom stereocenters. The van der Waals surface area contributed by atoms with E-state index in [-0.39, 0.29) is 0 Å². The minimum absolute atomic E-state index is 0.410. The van der Waals surface area contributed by atoms with Crippen LogP contribution in [0.1, 0.15) is 32.6 Å². The summed E-state index contributed by atoms with van der Waals surface area (Å²) >= 11 is 0. The van der Waals surface area contributed by atoms with Gasteiger partial charge in [0.15, 0.2) is 0 Å². The van der Waals surface area contributed by atoms with E-state index < -0.39 is 5.60 Å². The average Bonchev–Trinajstić information content (AvgIpc) is 2.69. The molecule has 0 bridgehead atoms. The zero-order chi connectivity index (χ0) is 8.60. The molecule has 2 heteroatoms. The zero-order valence-corrected chi connectivity index (χ0v) is 7.92. The second-order valence-electron chi connectivity index (χ2n) is 4.78. The molecular formula is C10H19NO. The maximum atomic E-state index is 9.84. The lowest BCUT2D eigenvalue weighted by Crippen LogP contribution is -2.46. The van der Waals surface area contributed by atoms with Gasteiger partial charge in [0.2, 0.25) is 0 Å². The fourth-order valence-corrected chi connectivity index (χ4v) is 2.14. The highest BCUT2D eigenvalue weighted by Crippen LogP contribution is 2.31. The van der Waals surface area contributed by atoms with Crippen molar-refractivity contribution in [1.29, 1.82) is 0 Å². The molecule has 2 nitrogen and oxygen atoms in total. The van der Waals surface area contributed by atoms with E-state index in [2.05, 4.69) is 4.90 Å². The molecule has 2 rings (SSSR count). The first-order chi connectivity index (χ1) is 5.66. The normalized spacial score (nSPS) is 38.5. The Balaban J connectivity index is 1.81. The Morgan fingerprint density at radius 2 is 2.25 bits per heavy atom. The fraction of sp³-hybridized carbons (Fsp3) is 1.00. The third-order valence-electron chi connectivity index (χ3n) is 2.97. The van der Waals surface area contributed by atoms with Crippen molar-refractivity contribution in [3.63, 3.8) is 0 Å². The van der Waals surface area contributed by atoms with Crippen LogP contribution in [-0.2, 0) is 0 Å². The monoisotopic (exact) mass is 169 g/mol. The van der Waals surface area contributed by atoms with E-state index in [1.807, 2.05) is 6.92 Å². The van der Waals surface area contributed by atoms with E-state index >= 15 is 0 Å². The summed E-state index contributed by atoms with van der Waals surface area (Å²) in [6, 6.07) is 0. The fourth-order valence-electron chi connectivity index (χ4n) is 2.14. The Labute approximate surface area is 74.6 Å². The van der Waals surface area contributed by atoms with Crippen molar-refractivity contribution in [2.75, 3.05) is 19.6 Å². The van der Waals surface area contributed by atoms with Gasteiger partial charge in [-0.1, -0.05) is 0 Å². The molecule has 0 aromatic carbocycles. The second-order valence-corrected chi connectivity index (χ2v) is 4.78. The number of rotatable bonds is 2. The van der Waals surface area contributed by atoms with E-state index in [9.17, 15) is 5.11 Å². The van der Waals surface area contributed by atoms with Crippen molar-refractivity contribution in [3.05, 3.63) is 0 Å². The topological polar surface area (TPSA) is 23.5 Å². The first-order valence-electron chi connectivity index (χ1n) is 5.10. The van der Waals surface area contributed by atoms with Gasteiger partial charge in [-0.2, -0.15) is 0 Å². The van der Waals surface area contributed by atoms with Crippen molar-refractivity contribution in [1.82, 2.24) is 4.90 Å². The number of β-amino-alcohol motifs (C(OH)–C–C–N with tert-alkyl or cyclic N) is 1. The molecule has 2 aliphatic rings. The second kappa shape index (κ2) is 3.00. The Morgan fingerprint density at radius 3 is 2.83 bits per heavy atom. The lowest BCUT2D eigenvalue weighted by atomic mass is 9.95. The number of nitrogens with zero attached hydrogens (tertiary/aromatic N) is 1. The van der Waals surface area contributed by atoms with Gasteiger partial charge in [0.1, 0.15) is 0 Å². The lowest BCUT2D eigenvalue weighted by molar-refractivity contribution is -0.0167. The minimum atomic E-state index is -0.410. The Bertz CT molecular complexity index is 163. The van der Waals surface area contributed by atoms with E-state index in [0.717, 1.165) is 18.9 Å². The van der Waals surface area contributed by atoms with E-state index in [0.29, 0.717) is 0 Å². The molecule has 1 aliphatic heterocycles. The molecule has 0 amide bonds. The summed E-state index contributed by atoms with van der Waals surface area (Å²) in [5.74, 6) is 0.957. The van der Waals surface area contributed by atoms with Crippen LogP contribution in [0.5, 0.6) is 0 Å². The Morgan fingerprint density at radius 1 is 1.50 bits per heavy atom. The molecule has 1 heterocycles. The molecule has 0 unspecified atom stereocenters. The van der Waals surface area contributed by atoms with Crippen molar-refractivity contribution >= 4 is 0 Å². The standard InChI is InChI=1S/C10H19NO/c1-10(12)5-2-6-11(8-10)7-9-3-4-9/h9,12H,2-8H2,1H3/t10-/m1/s1. The van der Waals surface area contributed by atoms with Gasteiger partial charge in [0, 0.05) is 13.1 Å². The highest BCUT2D eigenvalue weighted by Gasteiger charge is 2.31. The summed E-state index contributed by atoms with van der Waals surface area (Å²) in [4.78, 5) is 2.43. The summed E-state index contributed by atoms with van der Waals surface area (Å²) in [7, 11) is 0. The predicted octanol–water partition coefficient (Wildman–Crippen LogP) is 1.24. The van der Waals surface area contributed by atoms with Crippen LogP contribution in [0.3, 0.4) is 0 Å².